The lowest BCUT2D eigenvalue weighted by atomic mass is 10.1. The number of aliphatic hydroxyl groups is 1. The fourth-order valence-corrected chi connectivity index (χ4v) is 1.57. The van der Waals surface area contributed by atoms with Crippen LogP contribution in [0, 0.1) is 0 Å². The smallest absolute Gasteiger partial charge is 0.321 e. The summed E-state index contributed by atoms with van der Waals surface area (Å²) < 4.78 is 5.06. The minimum absolute atomic E-state index is 0.0215. The van der Waals surface area contributed by atoms with Gasteiger partial charge in [-0.1, -0.05) is 30.3 Å². The highest BCUT2D eigenvalue weighted by molar-refractivity contribution is 5.73. The second kappa shape index (κ2) is 8.63. The number of hydrogen-bond acceptors (Lipinski definition) is 4. The first-order valence-electron chi connectivity index (χ1n) is 5.92. The van der Waals surface area contributed by atoms with E-state index in [2.05, 4.69) is 5.32 Å². The zero-order valence-electron chi connectivity index (χ0n) is 10.2. The number of carbonyl (C=O) groups is 1. The van der Waals surface area contributed by atoms with Gasteiger partial charge in [-0.25, -0.2) is 0 Å². The Morgan fingerprint density at radius 1 is 1.28 bits per heavy atom. The van der Waals surface area contributed by atoms with E-state index < -0.39 is 12.0 Å². The molecule has 0 bridgehead atoms. The number of nitrogens with one attached hydrogen (secondary N) is 1. The average molecular weight is 253 g/mol. The van der Waals surface area contributed by atoms with Crippen LogP contribution in [0.1, 0.15) is 5.56 Å². The van der Waals surface area contributed by atoms with E-state index in [9.17, 15) is 4.79 Å². The summed E-state index contributed by atoms with van der Waals surface area (Å²) >= 11 is 0. The molecule has 0 aliphatic rings. The van der Waals surface area contributed by atoms with Crippen LogP contribution in [-0.2, 0) is 16.0 Å². The minimum atomic E-state index is -0.874. The maximum Gasteiger partial charge on any atom is 0.321 e. The number of aliphatic hydroxyl groups excluding tert-OH is 1. The summed E-state index contributed by atoms with van der Waals surface area (Å²) in [5, 5.41) is 20.5. The summed E-state index contributed by atoms with van der Waals surface area (Å²) in [5.74, 6) is -0.874. The molecule has 0 heterocycles. The van der Waals surface area contributed by atoms with Crippen molar-refractivity contribution in [1.82, 2.24) is 5.32 Å². The largest absolute Gasteiger partial charge is 0.480 e. The minimum Gasteiger partial charge on any atom is -0.480 e. The molecular formula is C13H19NO4. The number of aliphatic carboxylic acids is 1. The molecule has 0 amide bonds. The quantitative estimate of drug-likeness (QED) is 0.551. The van der Waals surface area contributed by atoms with E-state index in [1.165, 1.54) is 0 Å². The molecule has 5 nitrogen and oxygen atoms in total. The molecule has 0 spiro atoms. The third kappa shape index (κ3) is 5.77. The molecule has 0 saturated carbocycles. The fourth-order valence-electron chi connectivity index (χ4n) is 1.57. The standard InChI is InChI=1S/C13H19NO4/c15-7-9-18-8-6-14-12(13(16)17)10-11-4-2-1-3-5-11/h1-5,12,14-15H,6-10H2,(H,16,17). The zero-order valence-corrected chi connectivity index (χ0v) is 10.2. The summed E-state index contributed by atoms with van der Waals surface area (Å²) in [7, 11) is 0. The Morgan fingerprint density at radius 3 is 2.61 bits per heavy atom. The molecule has 1 unspecified atom stereocenters. The van der Waals surface area contributed by atoms with Crippen molar-refractivity contribution in [3.8, 4) is 0 Å². The molecule has 0 saturated heterocycles. The zero-order chi connectivity index (χ0) is 13.2. The van der Waals surface area contributed by atoms with Crippen molar-refractivity contribution in [3.63, 3.8) is 0 Å². The number of carboxylic acid groups (broad SMARTS) is 1. The van der Waals surface area contributed by atoms with Crippen LogP contribution < -0.4 is 5.32 Å². The van der Waals surface area contributed by atoms with Crippen LogP contribution in [0.15, 0.2) is 30.3 Å². The molecule has 0 fully saturated rings. The van der Waals surface area contributed by atoms with E-state index in [0.29, 0.717) is 19.6 Å². The van der Waals surface area contributed by atoms with Crippen LogP contribution in [0.25, 0.3) is 0 Å². The first-order valence-corrected chi connectivity index (χ1v) is 5.92. The SMILES string of the molecule is O=C(O)C(Cc1ccccc1)NCCOCCO. The van der Waals surface area contributed by atoms with E-state index in [1.54, 1.807) is 0 Å². The number of hydrogen-bond donors (Lipinski definition) is 3. The number of carboxylic acids is 1. The number of ether oxygens (including phenoxy) is 1. The van der Waals surface area contributed by atoms with Gasteiger partial charge in [0.25, 0.3) is 0 Å². The molecule has 1 rings (SSSR count). The van der Waals surface area contributed by atoms with Crippen molar-refractivity contribution in [3.05, 3.63) is 35.9 Å². The molecule has 3 N–H and O–H groups in total. The van der Waals surface area contributed by atoms with E-state index in [0.717, 1.165) is 5.56 Å². The van der Waals surface area contributed by atoms with Crippen molar-refractivity contribution in [1.29, 1.82) is 0 Å². The predicted molar refractivity (Wildman–Crippen MR) is 67.5 cm³/mol. The summed E-state index contributed by atoms with van der Waals surface area (Å²) in [6, 6.07) is 8.86. The van der Waals surface area contributed by atoms with Crippen molar-refractivity contribution >= 4 is 5.97 Å². The third-order valence-corrected chi connectivity index (χ3v) is 2.45. The van der Waals surface area contributed by atoms with Crippen molar-refractivity contribution in [2.75, 3.05) is 26.4 Å². The van der Waals surface area contributed by atoms with Crippen molar-refractivity contribution in [2.45, 2.75) is 12.5 Å². The van der Waals surface area contributed by atoms with E-state index in [-0.39, 0.29) is 13.2 Å². The summed E-state index contributed by atoms with van der Waals surface area (Å²) in [6.45, 7) is 1.09. The van der Waals surface area contributed by atoms with Gasteiger partial charge in [-0.2, -0.15) is 0 Å². The first kappa shape index (κ1) is 14.6. The summed E-state index contributed by atoms with van der Waals surface area (Å²) in [5.41, 5.74) is 0.980. The van der Waals surface area contributed by atoms with Crippen LogP contribution in [0.3, 0.4) is 0 Å². The molecule has 1 aromatic carbocycles. The van der Waals surface area contributed by atoms with Gasteiger partial charge in [-0.15, -0.1) is 0 Å². The lowest BCUT2D eigenvalue weighted by Gasteiger charge is -2.14. The van der Waals surface area contributed by atoms with Gasteiger partial charge in [0.1, 0.15) is 6.04 Å². The van der Waals surface area contributed by atoms with Crippen LogP contribution in [-0.4, -0.2) is 48.6 Å². The Balaban J connectivity index is 2.34. The highest BCUT2D eigenvalue weighted by atomic mass is 16.5. The molecule has 0 aliphatic carbocycles. The van der Waals surface area contributed by atoms with Gasteiger partial charge < -0.3 is 20.3 Å². The van der Waals surface area contributed by atoms with Crippen LogP contribution in [0.5, 0.6) is 0 Å². The third-order valence-electron chi connectivity index (χ3n) is 2.45. The Kier molecular flexibility index (Phi) is 7.01. The lowest BCUT2D eigenvalue weighted by Crippen LogP contribution is -2.40. The van der Waals surface area contributed by atoms with Gasteiger partial charge in [0.15, 0.2) is 0 Å². The summed E-state index contributed by atoms with van der Waals surface area (Å²) in [4.78, 5) is 11.1. The summed E-state index contributed by atoms with van der Waals surface area (Å²) in [6.07, 6.45) is 0.441. The number of benzene rings is 1. The lowest BCUT2D eigenvalue weighted by molar-refractivity contribution is -0.139. The molecule has 1 atom stereocenters. The highest BCUT2D eigenvalue weighted by Crippen LogP contribution is 2.03. The fraction of sp³-hybridized carbons (Fsp3) is 0.462. The molecule has 0 radical (unpaired) electrons. The molecule has 5 heteroatoms. The Hall–Kier alpha value is -1.43. The van der Waals surface area contributed by atoms with Gasteiger partial charge in [-0.3, -0.25) is 4.79 Å². The molecule has 1 aromatic rings. The molecule has 100 valence electrons. The van der Waals surface area contributed by atoms with Gasteiger partial charge in [0.05, 0.1) is 19.8 Å². The Labute approximate surface area is 106 Å². The monoisotopic (exact) mass is 253 g/mol. The maximum atomic E-state index is 11.1. The average Bonchev–Trinajstić information content (AvgIpc) is 2.38. The van der Waals surface area contributed by atoms with Crippen LogP contribution in [0.4, 0.5) is 0 Å². The van der Waals surface area contributed by atoms with Gasteiger partial charge >= 0.3 is 5.97 Å². The number of rotatable bonds is 9. The molecule has 0 aliphatic heterocycles. The normalized spacial score (nSPS) is 12.3. The first-order chi connectivity index (χ1) is 8.74. The topological polar surface area (TPSA) is 78.8 Å². The highest BCUT2D eigenvalue weighted by Gasteiger charge is 2.16. The second-order valence-corrected chi connectivity index (χ2v) is 3.87. The van der Waals surface area contributed by atoms with Gasteiger partial charge in [0.2, 0.25) is 0 Å². The van der Waals surface area contributed by atoms with Gasteiger partial charge in [-0.05, 0) is 12.0 Å². The van der Waals surface area contributed by atoms with E-state index in [4.69, 9.17) is 14.9 Å². The van der Waals surface area contributed by atoms with Crippen LogP contribution >= 0.6 is 0 Å². The molecular weight excluding hydrogens is 234 g/mol. The second-order valence-electron chi connectivity index (χ2n) is 3.87. The predicted octanol–water partition coefficient (Wildman–Crippen LogP) is 0.281. The van der Waals surface area contributed by atoms with E-state index >= 15 is 0 Å². The van der Waals surface area contributed by atoms with Crippen molar-refractivity contribution in [2.24, 2.45) is 0 Å². The van der Waals surface area contributed by atoms with Crippen LogP contribution in [0.2, 0.25) is 0 Å². The molecule has 18 heavy (non-hydrogen) atoms. The molecule has 0 aromatic heterocycles. The Bertz CT molecular complexity index is 342. The van der Waals surface area contributed by atoms with E-state index in [1.807, 2.05) is 30.3 Å². The maximum absolute atomic E-state index is 11.1. The van der Waals surface area contributed by atoms with Gasteiger partial charge in [0, 0.05) is 6.54 Å². The van der Waals surface area contributed by atoms with Crippen molar-refractivity contribution < 1.29 is 19.7 Å². The Morgan fingerprint density at radius 2 is 2.00 bits per heavy atom.